The van der Waals surface area contributed by atoms with E-state index in [2.05, 4.69) is 221 Å². The molecule has 12 aromatic rings. The second kappa shape index (κ2) is 14.0. The Morgan fingerprint density at radius 2 is 0.672 bits per heavy atom. The van der Waals surface area contributed by atoms with Crippen molar-refractivity contribution in [2.24, 2.45) is 0 Å². The molecule has 0 aliphatic rings. The Morgan fingerprint density at radius 3 is 1.08 bits per heavy atom. The molecule has 4 nitrogen and oxygen atoms in total. The predicted molar refractivity (Wildman–Crippen MR) is 271 cm³/mol. The summed E-state index contributed by atoms with van der Waals surface area (Å²) in [6.45, 7) is 14.1. The maximum atomic E-state index is 6.53. The number of rotatable bonds is 6. The number of hydrogen-bond donors (Lipinski definition) is 0. The molecule has 0 N–H and O–H groups in total. The van der Waals surface area contributed by atoms with E-state index in [-0.39, 0.29) is 10.8 Å². The SMILES string of the molecule is CC(C)(C)c1cc2c(N(c3ccccc3)c3cccc4oc5ccccc5c34)ccc3c(C(C)(C)C)cc4c(N(c5ccccc5)c5cccc6oc7ccccc7c56)ccc1c4c23. The minimum absolute atomic E-state index is 0.174. The van der Waals surface area contributed by atoms with E-state index < -0.39 is 0 Å². The van der Waals surface area contributed by atoms with Gasteiger partial charge in [-0.25, -0.2) is 0 Å². The number of benzene rings is 10. The van der Waals surface area contributed by atoms with Gasteiger partial charge in [0, 0.05) is 32.9 Å². The Kier molecular flexibility index (Phi) is 8.33. The van der Waals surface area contributed by atoms with Crippen molar-refractivity contribution >= 4 is 110 Å². The average molecular weight is 829 g/mol. The Bertz CT molecular complexity index is 3500. The fourth-order valence-electron chi connectivity index (χ4n) is 10.4. The second-order valence-corrected chi connectivity index (χ2v) is 19.3. The summed E-state index contributed by atoms with van der Waals surface area (Å²) in [6.07, 6.45) is 0. The maximum absolute atomic E-state index is 6.53. The Balaban J connectivity index is 1.24. The summed E-state index contributed by atoms with van der Waals surface area (Å²) in [5, 5.41) is 11.9. The molecule has 0 radical (unpaired) electrons. The van der Waals surface area contributed by atoms with Crippen LogP contribution in [0.3, 0.4) is 0 Å². The van der Waals surface area contributed by atoms with Gasteiger partial charge >= 0.3 is 0 Å². The first-order chi connectivity index (χ1) is 31.0. The van der Waals surface area contributed by atoms with Crippen molar-refractivity contribution < 1.29 is 8.83 Å². The van der Waals surface area contributed by atoms with Crippen LogP contribution in [0.4, 0.5) is 34.1 Å². The first-order valence-electron chi connectivity index (χ1n) is 22.3. The molecule has 0 unspecified atom stereocenters. The van der Waals surface area contributed by atoms with Gasteiger partial charge in [-0.2, -0.15) is 0 Å². The third-order valence-electron chi connectivity index (χ3n) is 13.2. The quantitative estimate of drug-likeness (QED) is 0.156. The van der Waals surface area contributed by atoms with Gasteiger partial charge in [0.05, 0.1) is 33.5 Å². The third kappa shape index (κ3) is 5.75. The fraction of sp³-hybridized carbons (Fsp3) is 0.133. The van der Waals surface area contributed by atoms with Gasteiger partial charge in [-0.05, 0) is 128 Å². The number of hydrogen-bond acceptors (Lipinski definition) is 4. The fourth-order valence-corrected chi connectivity index (χ4v) is 10.4. The van der Waals surface area contributed by atoms with E-state index >= 15 is 0 Å². The minimum Gasteiger partial charge on any atom is -0.456 e. The van der Waals surface area contributed by atoms with E-state index in [0.717, 1.165) is 78.0 Å². The molecule has 0 amide bonds. The maximum Gasteiger partial charge on any atom is 0.137 e. The number of para-hydroxylation sites is 4. The highest BCUT2D eigenvalue weighted by molar-refractivity contribution is 6.30. The van der Waals surface area contributed by atoms with Crippen molar-refractivity contribution in [1.29, 1.82) is 0 Å². The number of nitrogens with zero attached hydrogens (tertiary/aromatic N) is 2. The Labute approximate surface area is 372 Å². The van der Waals surface area contributed by atoms with Crippen molar-refractivity contribution in [3.8, 4) is 0 Å². The van der Waals surface area contributed by atoms with E-state index in [1.807, 2.05) is 12.1 Å². The smallest absolute Gasteiger partial charge is 0.137 e. The van der Waals surface area contributed by atoms with Gasteiger partial charge < -0.3 is 18.6 Å². The van der Waals surface area contributed by atoms with Crippen molar-refractivity contribution in [3.63, 3.8) is 0 Å². The van der Waals surface area contributed by atoms with E-state index in [0.29, 0.717) is 0 Å². The van der Waals surface area contributed by atoms with Crippen LogP contribution in [0.25, 0.3) is 76.2 Å². The van der Waals surface area contributed by atoms with E-state index in [1.54, 1.807) is 0 Å². The summed E-state index contributed by atoms with van der Waals surface area (Å²) >= 11 is 0. The molecule has 0 saturated heterocycles. The molecule has 0 spiro atoms. The third-order valence-corrected chi connectivity index (χ3v) is 13.2. The van der Waals surface area contributed by atoms with Gasteiger partial charge in [-0.15, -0.1) is 0 Å². The summed E-state index contributed by atoms with van der Waals surface area (Å²) in [5.41, 5.74) is 12.3. The molecule has 12 rings (SSSR count). The molecule has 0 aliphatic carbocycles. The standard InChI is InChI=1S/C60H48N2O2/c1-59(2,3)45-35-43-47(61(37-19-9-7-10-20-37)49-25-17-29-53-57(49)41-23-13-15-27-51(41)63-53)34-32-40-46(60(4,5)6)36-44-48(33-31-39(45)55(44)56(40)43)62(38-21-11-8-12-22-38)50-26-18-30-54-58(50)42-24-14-16-28-52(42)64-54/h7-36H,1-6H3. The number of anilines is 6. The van der Waals surface area contributed by atoms with E-state index in [4.69, 9.17) is 8.83 Å². The molecule has 0 fully saturated rings. The molecule has 0 atom stereocenters. The molecule has 0 saturated carbocycles. The summed E-state index contributed by atoms with van der Waals surface area (Å²) in [7, 11) is 0. The van der Waals surface area contributed by atoms with Crippen LogP contribution in [-0.4, -0.2) is 0 Å². The van der Waals surface area contributed by atoms with Gasteiger partial charge in [0.15, 0.2) is 0 Å². The van der Waals surface area contributed by atoms with Crippen LogP contribution in [0, 0.1) is 0 Å². The van der Waals surface area contributed by atoms with Crippen molar-refractivity contribution in [2.75, 3.05) is 9.80 Å². The van der Waals surface area contributed by atoms with Crippen LogP contribution < -0.4 is 9.80 Å². The Hall–Kier alpha value is -7.56. The number of furan rings is 2. The molecule has 2 aromatic heterocycles. The molecule has 64 heavy (non-hydrogen) atoms. The van der Waals surface area contributed by atoms with Crippen molar-refractivity contribution in [2.45, 2.75) is 52.4 Å². The van der Waals surface area contributed by atoms with E-state index in [1.165, 1.54) is 43.4 Å². The molecule has 4 heteroatoms. The molecular weight excluding hydrogens is 781 g/mol. The van der Waals surface area contributed by atoms with Crippen molar-refractivity contribution in [1.82, 2.24) is 0 Å². The lowest BCUT2D eigenvalue weighted by Gasteiger charge is -2.33. The summed E-state index contributed by atoms with van der Waals surface area (Å²) in [6, 6.07) is 65.8. The summed E-state index contributed by atoms with van der Waals surface area (Å²) < 4.78 is 13.1. The zero-order valence-electron chi connectivity index (χ0n) is 37.0. The van der Waals surface area contributed by atoms with Crippen LogP contribution in [0.1, 0.15) is 52.7 Å². The minimum atomic E-state index is -0.174. The lowest BCUT2D eigenvalue weighted by molar-refractivity contribution is 0.595. The highest BCUT2D eigenvalue weighted by Crippen LogP contribution is 2.53. The summed E-state index contributed by atoms with van der Waals surface area (Å²) in [4.78, 5) is 4.92. The zero-order chi connectivity index (χ0) is 43.5. The highest BCUT2D eigenvalue weighted by Gasteiger charge is 2.31. The van der Waals surface area contributed by atoms with Crippen molar-refractivity contribution in [3.05, 3.63) is 193 Å². The molecular formula is C60H48N2O2. The summed E-state index contributed by atoms with van der Waals surface area (Å²) in [5.74, 6) is 0. The normalized spacial score (nSPS) is 12.5. The lowest BCUT2D eigenvalue weighted by Crippen LogP contribution is -2.17. The van der Waals surface area contributed by atoms with Crippen LogP contribution >= 0.6 is 0 Å². The molecule has 0 bridgehead atoms. The van der Waals surface area contributed by atoms with Crippen LogP contribution in [0.5, 0.6) is 0 Å². The zero-order valence-corrected chi connectivity index (χ0v) is 37.0. The first-order valence-corrected chi connectivity index (χ1v) is 22.3. The van der Waals surface area contributed by atoms with Crippen LogP contribution in [-0.2, 0) is 10.8 Å². The topological polar surface area (TPSA) is 32.8 Å². The van der Waals surface area contributed by atoms with Gasteiger partial charge in [-0.3, -0.25) is 0 Å². The number of fused-ring (bicyclic) bond motifs is 6. The van der Waals surface area contributed by atoms with Gasteiger partial charge in [0.2, 0.25) is 0 Å². The predicted octanol–water partition coefficient (Wildman–Crippen LogP) is 17.9. The first kappa shape index (κ1) is 38.1. The lowest BCUT2D eigenvalue weighted by atomic mass is 9.76. The monoisotopic (exact) mass is 828 g/mol. The van der Waals surface area contributed by atoms with Crippen LogP contribution in [0.15, 0.2) is 191 Å². The largest absolute Gasteiger partial charge is 0.456 e. The average Bonchev–Trinajstić information content (AvgIpc) is 3.88. The van der Waals surface area contributed by atoms with Gasteiger partial charge in [0.25, 0.3) is 0 Å². The van der Waals surface area contributed by atoms with E-state index in [9.17, 15) is 0 Å². The van der Waals surface area contributed by atoms with Gasteiger partial charge in [-0.1, -0.05) is 139 Å². The molecule has 10 aromatic carbocycles. The molecule has 2 heterocycles. The van der Waals surface area contributed by atoms with Crippen LogP contribution in [0.2, 0.25) is 0 Å². The molecule has 310 valence electrons. The Morgan fingerprint density at radius 1 is 0.297 bits per heavy atom. The molecule has 0 aliphatic heterocycles. The van der Waals surface area contributed by atoms with Gasteiger partial charge in [0.1, 0.15) is 22.3 Å². The second-order valence-electron chi connectivity index (χ2n) is 19.3. The highest BCUT2D eigenvalue weighted by atomic mass is 16.3.